The first-order chi connectivity index (χ1) is 12.5. The smallest absolute Gasteiger partial charge is 0.182 e. The van der Waals surface area contributed by atoms with Crippen LogP contribution in [0.15, 0.2) is 36.4 Å². The predicted octanol–water partition coefficient (Wildman–Crippen LogP) is 6.64. The SMILES string of the molecule is Clc1ccc(/C=C/c2nn3c(-c4ccc(Cl)cc4Cl)nnc3s2)c(Cl)c1. The van der Waals surface area contributed by atoms with Crippen LogP contribution in [-0.4, -0.2) is 19.8 Å². The average molecular weight is 442 g/mol. The van der Waals surface area contributed by atoms with Gasteiger partial charge in [0.25, 0.3) is 0 Å². The number of fused-ring (bicyclic) bond motifs is 1. The quantitative estimate of drug-likeness (QED) is 0.358. The molecule has 0 saturated carbocycles. The zero-order valence-electron chi connectivity index (χ0n) is 12.8. The van der Waals surface area contributed by atoms with Gasteiger partial charge >= 0.3 is 0 Å². The van der Waals surface area contributed by atoms with Crippen LogP contribution in [0.4, 0.5) is 0 Å². The number of hydrogen-bond donors (Lipinski definition) is 0. The molecule has 0 radical (unpaired) electrons. The number of rotatable bonds is 3. The largest absolute Gasteiger partial charge is 0.235 e. The summed E-state index contributed by atoms with van der Waals surface area (Å²) in [6, 6.07) is 10.5. The van der Waals surface area contributed by atoms with Crippen LogP contribution < -0.4 is 0 Å². The highest BCUT2D eigenvalue weighted by Gasteiger charge is 2.15. The molecular weight excluding hydrogens is 434 g/mol. The molecule has 0 unspecified atom stereocenters. The van der Waals surface area contributed by atoms with Gasteiger partial charge in [-0.15, -0.1) is 10.2 Å². The molecule has 4 nitrogen and oxygen atoms in total. The number of nitrogens with zero attached hydrogens (tertiary/aromatic N) is 4. The van der Waals surface area contributed by atoms with E-state index in [0.29, 0.717) is 36.4 Å². The third-order valence-electron chi connectivity index (χ3n) is 3.55. The fourth-order valence-electron chi connectivity index (χ4n) is 2.34. The molecule has 0 saturated heterocycles. The molecule has 0 amide bonds. The fraction of sp³-hybridized carbons (Fsp3) is 0. The number of halogens is 4. The van der Waals surface area contributed by atoms with Gasteiger partial charge in [0.2, 0.25) is 4.96 Å². The molecule has 2 heterocycles. The van der Waals surface area contributed by atoms with Crippen molar-refractivity contribution in [2.24, 2.45) is 0 Å². The number of aromatic nitrogens is 4. The zero-order valence-corrected chi connectivity index (χ0v) is 16.7. The molecule has 4 rings (SSSR count). The first-order valence-corrected chi connectivity index (χ1v) is 9.65. The highest BCUT2D eigenvalue weighted by molar-refractivity contribution is 7.17. The van der Waals surface area contributed by atoms with E-state index in [1.54, 1.807) is 34.8 Å². The van der Waals surface area contributed by atoms with Gasteiger partial charge in [-0.3, -0.25) is 0 Å². The van der Waals surface area contributed by atoms with Crippen LogP contribution in [-0.2, 0) is 0 Å². The Bertz CT molecular complexity index is 1150. The summed E-state index contributed by atoms with van der Waals surface area (Å²) in [5, 5.41) is 15.8. The Hall–Kier alpha value is -1.63. The minimum absolute atomic E-state index is 0.491. The molecule has 0 fully saturated rings. The lowest BCUT2D eigenvalue weighted by molar-refractivity contribution is 0.960. The molecule has 0 atom stereocenters. The van der Waals surface area contributed by atoms with Crippen LogP contribution in [0.3, 0.4) is 0 Å². The van der Waals surface area contributed by atoms with Gasteiger partial charge in [0.05, 0.1) is 5.02 Å². The van der Waals surface area contributed by atoms with E-state index in [4.69, 9.17) is 46.4 Å². The van der Waals surface area contributed by atoms with Crippen molar-refractivity contribution in [2.45, 2.75) is 0 Å². The molecule has 0 aliphatic carbocycles. The van der Waals surface area contributed by atoms with Gasteiger partial charge in [-0.2, -0.15) is 9.61 Å². The van der Waals surface area contributed by atoms with Crippen molar-refractivity contribution in [3.8, 4) is 11.4 Å². The number of benzene rings is 2. The Balaban J connectivity index is 1.71. The van der Waals surface area contributed by atoms with E-state index < -0.39 is 0 Å². The van der Waals surface area contributed by atoms with E-state index in [1.165, 1.54) is 11.3 Å². The van der Waals surface area contributed by atoms with Crippen LogP contribution in [0.5, 0.6) is 0 Å². The van der Waals surface area contributed by atoms with Crippen molar-refractivity contribution < 1.29 is 0 Å². The normalized spacial score (nSPS) is 11.7. The van der Waals surface area contributed by atoms with Crippen molar-refractivity contribution >= 4 is 74.9 Å². The van der Waals surface area contributed by atoms with Gasteiger partial charge in [-0.1, -0.05) is 69.9 Å². The zero-order chi connectivity index (χ0) is 18.3. The van der Waals surface area contributed by atoms with Crippen LogP contribution in [0, 0.1) is 0 Å². The topological polar surface area (TPSA) is 43.1 Å². The maximum Gasteiger partial charge on any atom is 0.235 e. The molecule has 0 aliphatic rings. The van der Waals surface area contributed by atoms with E-state index >= 15 is 0 Å². The Morgan fingerprint density at radius 1 is 0.846 bits per heavy atom. The second kappa shape index (κ2) is 7.18. The highest BCUT2D eigenvalue weighted by atomic mass is 35.5. The summed E-state index contributed by atoms with van der Waals surface area (Å²) in [5.41, 5.74) is 1.56. The summed E-state index contributed by atoms with van der Waals surface area (Å²) in [4.78, 5) is 0.660. The Morgan fingerprint density at radius 2 is 1.58 bits per heavy atom. The van der Waals surface area contributed by atoms with E-state index in [0.717, 1.165) is 10.6 Å². The molecule has 26 heavy (non-hydrogen) atoms. The maximum atomic E-state index is 6.27. The summed E-state index contributed by atoms with van der Waals surface area (Å²) in [5.74, 6) is 0.557. The van der Waals surface area contributed by atoms with Gasteiger partial charge < -0.3 is 0 Å². The molecule has 130 valence electrons. The molecule has 0 N–H and O–H groups in total. The summed E-state index contributed by atoms with van der Waals surface area (Å²) < 4.78 is 1.66. The lowest BCUT2D eigenvalue weighted by atomic mass is 10.2. The summed E-state index contributed by atoms with van der Waals surface area (Å²) >= 11 is 25.7. The van der Waals surface area contributed by atoms with E-state index in [2.05, 4.69) is 15.3 Å². The molecule has 2 aromatic heterocycles. The minimum atomic E-state index is 0.491. The average Bonchev–Trinajstić information content (AvgIpc) is 3.15. The summed E-state index contributed by atoms with van der Waals surface area (Å²) in [7, 11) is 0. The van der Waals surface area contributed by atoms with E-state index in [1.807, 2.05) is 18.2 Å². The van der Waals surface area contributed by atoms with Crippen molar-refractivity contribution in [2.75, 3.05) is 0 Å². The van der Waals surface area contributed by atoms with Crippen LogP contribution in [0.25, 0.3) is 28.5 Å². The molecule has 0 aliphatic heterocycles. The maximum absolute atomic E-state index is 6.27. The van der Waals surface area contributed by atoms with Crippen LogP contribution in [0.1, 0.15) is 10.6 Å². The second-order valence-corrected chi connectivity index (χ2v) is 7.96. The summed E-state index contributed by atoms with van der Waals surface area (Å²) in [6.07, 6.45) is 3.74. The Labute approximate surface area is 172 Å². The van der Waals surface area contributed by atoms with Crippen LogP contribution in [0.2, 0.25) is 20.1 Å². The molecule has 0 spiro atoms. The lowest BCUT2D eigenvalue weighted by Gasteiger charge is -2.00. The van der Waals surface area contributed by atoms with Gasteiger partial charge in [0.1, 0.15) is 5.01 Å². The molecule has 4 aromatic rings. The Morgan fingerprint density at radius 3 is 2.31 bits per heavy atom. The highest BCUT2D eigenvalue weighted by Crippen LogP contribution is 2.30. The first kappa shape index (κ1) is 17.8. The first-order valence-electron chi connectivity index (χ1n) is 7.32. The van der Waals surface area contributed by atoms with Crippen molar-refractivity contribution in [1.29, 1.82) is 0 Å². The molecule has 9 heteroatoms. The summed E-state index contributed by atoms with van der Waals surface area (Å²) in [6.45, 7) is 0. The third-order valence-corrected chi connectivity index (χ3v) is 5.52. The Kier molecular flexibility index (Phi) is 4.90. The third kappa shape index (κ3) is 3.46. The fourth-order valence-corrected chi connectivity index (χ4v) is 4.04. The molecule has 2 aromatic carbocycles. The van der Waals surface area contributed by atoms with E-state index in [9.17, 15) is 0 Å². The van der Waals surface area contributed by atoms with Crippen molar-refractivity contribution in [1.82, 2.24) is 19.8 Å². The van der Waals surface area contributed by atoms with Crippen molar-refractivity contribution in [3.63, 3.8) is 0 Å². The lowest BCUT2D eigenvalue weighted by Crippen LogP contribution is -1.91. The van der Waals surface area contributed by atoms with Crippen LogP contribution >= 0.6 is 57.7 Å². The monoisotopic (exact) mass is 440 g/mol. The number of hydrogen-bond acceptors (Lipinski definition) is 4. The minimum Gasteiger partial charge on any atom is -0.182 e. The van der Waals surface area contributed by atoms with Gasteiger partial charge in [-0.25, -0.2) is 0 Å². The van der Waals surface area contributed by atoms with Gasteiger partial charge in [-0.05, 0) is 42.0 Å². The predicted molar refractivity (Wildman–Crippen MR) is 110 cm³/mol. The standard InChI is InChI=1S/C17H8Cl4N4S/c18-10-3-1-9(13(20)7-10)2-6-15-24-25-16(22-23-17(25)26-15)12-5-4-11(19)8-14(12)21/h1-8H/b6-2+. The molecular formula is C17H8Cl4N4S. The van der Waals surface area contributed by atoms with Gasteiger partial charge in [0, 0.05) is 20.6 Å². The van der Waals surface area contributed by atoms with E-state index in [-0.39, 0.29) is 0 Å². The second-order valence-electron chi connectivity index (χ2n) is 5.28. The van der Waals surface area contributed by atoms with Crippen molar-refractivity contribution in [3.05, 3.63) is 67.1 Å². The van der Waals surface area contributed by atoms with Gasteiger partial charge in [0.15, 0.2) is 5.82 Å². The molecule has 0 bridgehead atoms.